The number of ether oxygens (including phenoxy) is 5. The maximum absolute atomic E-state index is 12.7. The van der Waals surface area contributed by atoms with Crippen LogP contribution in [0, 0.1) is 0 Å². The van der Waals surface area contributed by atoms with E-state index < -0.39 is 82.1 Å². The fourth-order valence-electron chi connectivity index (χ4n) is 5.04. The first-order chi connectivity index (χ1) is 25.0. The van der Waals surface area contributed by atoms with Gasteiger partial charge in [0.25, 0.3) is 21.9 Å². The standard InChI is InChI=1S/C32H43N3O17S/c1-19(36)50-17-20-6-7-21(51-28-16-23(37)29(41)30(52-28)32(43)44)15-24(20)49-14-13-48-12-10-33-31(42)22(18-53(45,46)47)34-25(38)5-3-2-4-11-35-26(39)8-9-27(35)40/h6-9,15,22-23,28-30,37,41H,2-5,10-14,16-18H2,1H3,(H,33,42)(H,34,38)(H,43,44)(H,45,46,47)/t22-,23+,28+,29-,30-/m0/s1. The van der Waals surface area contributed by atoms with Crippen molar-refractivity contribution < 1.29 is 80.7 Å². The van der Waals surface area contributed by atoms with Gasteiger partial charge in [-0.3, -0.25) is 33.4 Å². The molecule has 1 aromatic rings. The van der Waals surface area contributed by atoms with E-state index in [1.807, 2.05) is 0 Å². The summed E-state index contributed by atoms with van der Waals surface area (Å²) in [6.07, 6.45) is -2.75. The molecule has 0 saturated carbocycles. The number of unbranched alkanes of at least 4 members (excludes halogenated alkanes) is 2. The molecule has 0 aliphatic carbocycles. The van der Waals surface area contributed by atoms with E-state index in [4.69, 9.17) is 23.7 Å². The third-order valence-electron chi connectivity index (χ3n) is 7.66. The molecule has 2 heterocycles. The molecule has 0 bridgehead atoms. The van der Waals surface area contributed by atoms with Crippen molar-refractivity contribution >= 4 is 45.7 Å². The molecule has 1 fully saturated rings. The SMILES string of the molecule is CC(=O)OCc1ccc(O[C@H]2C[C@@H](O)[C@H](O)[C@@H](C(=O)O)O2)cc1OCCOCCNC(=O)[C@H](CS(=O)(=O)O)NC(=O)CCCCCN1C(=O)C=CC1=O. The van der Waals surface area contributed by atoms with Gasteiger partial charge in [0.2, 0.25) is 18.1 Å². The van der Waals surface area contributed by atoms with Crippen LogP contribution in [0.3, 0.4) is 0 Å². The Morgan fingerprint density at radius 1 is 1.04 bits per heavy atom. The molecule has 0 radical (unpaired) electrons. The Bertz CT molecular complexity index is 1600. The molecule has 1 aromatic carbocycles. The van der Waals surface area contributed by atoms with E-state index >= 15 is 0 Å². The lowest BCUT2D eigenvalue weighted by Gasteiger charge is -2.34. The molecule has 21 heteroatoms. The first kappa shape index (κ1) is 42.7. The van der Waals surface area contributed by atoms with E-state index in [1.54, 1.807) is 0 Å². The number of carbonyl (C=O) groups excluding carboxylic acids is 5. The quantitative estimate of drug-likeness (QED) is 0.0335. The average molecular weight is 774 g/mol. The number of carboxylic acids is 1. The zero-order valence-corrected chi connectivity index (χ0v) is 29.5. The molecule has 2 aliphatic rings. The topological polar surface area (TPSA) is 291 Å². The van der Waals surface area contributed by atoms with Crippen molar-refractivity contribution in [1.82, 2.24) is 15.5 Å². The number of hydrogen-bond acceptors (Lipinski definition) is 15. The van der Waals surface area contributed by atoms with Gasteiger partial charge in [0.15, 0.2) is 6.10 Å². The third-order valence-corrected chi connectivity index (χ3v) is 8.42. The summed E-state index contributed by atoms with van der Waals surface area (Å²) in [5, 5.41) is 33.9. The normalized spacial score (nSPS) is 20.5. The molecule has 294 valence electrons. The number of aliphatic hydroxyl groups is 2. The van der Waals surface area contributed by atoms with E-state index in [1.165, 1.54) is 37.3 Å². The van der Waals surface area contributed by atoms with Gasteiger partial charge in [-0.2, -0.15) is 8.42 Å². The Morgan fingerprint density at radius 2 is 1.75 bits per heavy atom. The molecular weight excluding hydrogens is 730 g/mol. The summed E-state index contributed by atoms with van der Waals surface area (Å²) in [5.74, 6) is -5.13. The second-order valence-electron chi connectivity index (χ2n) is 11.9. The maximum atomic E-state index is 12.7. The number of nitrogens with zero attached hydrogens (tertiary/aromatic N) is 1. The molecule has 0 aromatic heterocycles. The van der Waals surface area contributed by atoms with Crippen LogP contribution in [0.1, 0.15) is 44.6 Å². The van der Waals surface area contributed by atoms with E-state index in [9.17, 15) is 57.1 Å². The van der Waals surface area contributed by atoms with Gasteiger partial charge in [-0.05, 0) is 25.0 Å². The van der Waals surface area contributed by atoms with Crippen LogP contribution in [0.4, 0.5) is 0 Å². The number of aliphatic carboxylic acids is 1. The summed E-state index contributed by atoms with van der Waals surface area (Å²) in [7, 11) is -4.65. The Balaban J connectivity index is 1.43. The Morgan fingerprint density at radius 3 is 2.42 bits per heavy atom. The number of hydrogen-bond donors (Lipinski definition) is 6. The van der Waals surface area contributed by atoms with Crippen LogP contribution in [-0.4, -0.2) is 138 Å². The van der Waals surface area contributed by atoms with Gasteiger partial charge < -0.3 is 49.6 Å². The van der Waals surface area contributed by atoms with E-state index in [2.05, 4.69) is 10.6 Å². The minimum absolute atomic E-state index is 0.0220. The third kappa shape index (κ3) is 14.7. The lowest BCUT2D eigenvalue weighted by molar-refractivity contribution is -0.228. The van der Waals surface area contributed by atoms with Crippen molar-refractivity contribution in [3.63, 3.8) is 0 Å². The van der Waals surface area contributed by atoms with E-state index in [0.29, 0.717) is 24.8 Å². The highest BCUT2D eigenvalue weighted by Crippen LogP contribution is 2.29. The van der Waals surface area contributed by atoms with Crippen LogP contribution in [0.15, 0.2) is 30.4 Å². The summed E-state index contributed by atoms with van der Waals surface area (Å²) in [6, 6.07) is 2.81. The van der Waals surface area contributed by atoms with E-state index in [0.717, 1.165) is 4.90 Å². The minimum atomic E-state index is -4.65. The van der Waals surface area contributed by atoms with Crippen LogP contribution in [-0.2, 0) is 59.7 Å². The fraction of sp³-hybridized carbons (Fsp3) is 0.562. The number of carbonyl (C=O) groups is 6. The number of rotatable bonds is 22. The molecule has 5 atom stereocenters. The number of nitrogens with one attached hydrogen (secondary N) is 2. The van der Waals surface area contributed by atoms with Gasteiger partial charge in [-0.25, -0.2) is 4.79 Å². The van der Waals surface area contributed by atoms with Crippen LogP contribution in [0.5, 0.6) is 11.5 Å². The van der Waals surface area contributed by atoms with Gasteiger partial charge in [0.1, 0.15) is 42.6 Å². The Labute approximate surface area is 304 Å². The molecule has 53 heavy (non-hydrogen) atoms. The second-order valence-corrected chi connectivity index (χ2v) is 13.4. The highest BCUT2D eigenvalue weighted by atomic mass is 32.2. The number of aliphatic hydroxyl groups excluding tert-OH is 2. The molecular formula is C32H43N3O17S. The molecule has 2 aliphatic heterocycles. The predicted molar refractivity (Wildman–Crippen MR) is 177 cm³/mol. The van der Waals surface area contributed by atoms with Crippen molar-refractivity contribution in [3.05, 3.63) is 35.9 Å². The first-order valence-corrected chi connectivity index (χ1v) is 18.1. The smallest absolute Gasteiger partial charge is 0.335 e. The van der Waals surface area contributed by atoms with Gasteiger partial charge in [-0.15, -0.1) is 0 Å². The summed E-state index contributed by atoms with van der Waals surface area (Å²) >= 11 is 0. The van der Waals surface area contributed by atoms with Crippen LogP contribution >= 0.6 is 0 Å². The van der Waals surface area contributed by atoms with Gasteiger partial charge in [0, 0.05) is 56.6 Å². The minimum Gasteiger partial charge on any atom is -0.491 e. The molecule has 0 unspecified atom stereocenters. The van der Waals surface area contributed by atoms with Crippen molar-refractivity contribution in [3.8, 4) is 11.5 Å². The van der Waals surface area contributed by atoms with E-state index in [-0.39, 0.29) is 63.9 Å². The molecule has 3 rings (SSSR count). The van der Waals surface area contributed by atoms with Gasteiger partial charge in [-0.1, -0.05) is 6.42 Å². The highest BCUT2D eigenvalue weighted by molar-refractivity contribution is 7.85. The monoisotopic (exact) mass is 773 g/mol. The van der Waals surface area contributed by atoms with Gasteiger partial charge >= 0.3 is 11.9 Å². The second kappa shape index (κ2) is 20.5. The zero-order chi connectivity index (χ0) is 39.1. The number of amides is 4. The molecule has 0 spiro atoms. The molecule has 4 amide bonds. The first-order valence-electron chi connectivity index (χ1n) is 16.5. The molecule has 1 saturated heterocycles. The number of carboxylic acid groups (broad SMARTS) is 1. The van der Waals surface area contributed by atoms with Gasteiger partial charge in [0.05, 0.1) is 19.3 Å². The Hall–Kier alpha value is -4.67. The highest BCUT2D eigenvalue weighted by Gasteiger charge is 2.42. The van der Waals surface area contributed by atoms with Crippen LogP contribution in [0.2, 0.25) is 0 Å². The summed E-state index contributed by atoms with van der Waals surface area (Å²) in [4.78, 5) is 72.0. The molecule has 6 N–H and O–H groups in total. The summed E-state index contributed by atoms with van der Waals surface area (Å²) in [5.41, 5.74) is 0.433. The maximum Gasteiger partial charge on any atom is 0.335 e. The lowest BCUT2D eigenvalue weighted by atomic mass is 10.0. The summed E-state index contributed by atoms with van der Waals surface area (Å²) in [6.45, 7) is 0.981. The Kier molecular flexibility index (Phi) is 16.6. The van der Waals surface area contributed by atoms with Crippen molar-refractivity contribution in [2.45, 2.75) is 76.3 Å². The number of esters is 1. The van der Waals surface area contributed by atoms with Crippen molar-refractivity contribution in [1.29, 1.82) is 0 Å². The largest absolute Gasteiger partial charge is 0.491 e. The van der Waals surface area contributed by atoms with Crippen LogP contribution in [0.25, 0.3) is 0 Å². The predicted octanol–water partition coefficient (Wildman–Crippen LogP) is -1.58. The lowest BCUT2D eigenvalue weighted by Crippen LogP contribution is -2.53. The molecule has 20 nitrogen and oxygen atoms in total. The fourth-order valence-corrected chi connectivity index (χ4v) is 5.69. The number of benzene rings is 1. The van der Waals surface area contributed by atoms with Crippen LogP contribution < -0.4 is 20.1 Å². The summed E-state index contributed by atoms with van der Waals surface area (Å²) < 4.78 is 59.5. The van der Waals surface area contributed by atoms with Crippen molar-refractivity contribution in [2.24, 2.45) is 0 Å². The number of imide groups is 1. The zero-order valence-electron chi connectivity index (χ0n) is 28.7. The van der Waals surface area contributed by atoms with Crippen molar-refractivity contribution in [2.75, 3.05) is 38.7 Å². The average Bonchev–Trinajstić information content (AvgIpc) is 3.40.